The molecule has 1 unspecified atom stereocenters. The van der Waals surface area contributed by atoms with Crippen molar-refractivity contribution >= 4 is 0 Å². The van der Waals surface area contributed by atoms with Crippen LogP contribution in [0.5, 0.6) is 0 Å². The lowest BCUT2D eigenvalue weighted by molar-refractivity contribution is 0.221. The maximum absolute atomic E-state index is 10.6. The number of aliphatic hydroxyl groups excluding tert-OH is 1. The highest BCUT2D eigenvalue weighted by atomic mass is 16.3. The number of aromatic nitrogens is 1. The molecule has 0 bridgehead atoms. The van der Waals surface area contributed by atoms with Gasteiger partial charge in [0, 0.05) is 12.4 Å². The van der Waals surface area contributed by atoms with Gasteiger partial charge in [0.15, 0.2) is 0 Å². The summed E-state index contributed by atoms with van der Waals surface area (Å²) in [7, 11) is 0. The number of nitrogens with zero attached hydrogens (tertiary/aromatic N) is 1. The summed E-state index contributed by atoms with van der Waals surface area (Å²) in [6, 6.07) is 21.5. The molecule has 1 N–H and O–H groups in total. The summed E-state index contributed by atoms with van der Waals surface area (Å²) >= 11 is 0. The Morgan fingerprint density at radius 2 is 1.40 bits per heavy atom. The van der Waals surface area contributed by atoms with E-state index >= 15 is 0 Å². The van der Waals surface area contributed by atoms with Crippen molar-refractivity contribution in [2.45, 2.75) is 6.10 Å². The van der Waals surface area contributed by atoms with E-state index in [9.17, 15) is 5.11 Å². The van der Waals surface area contributed by atoms with Crippen LogP contribution in [0.2, 0.25) is 0 Å². The predicted octanol–water partition coefficient (Wildman–Crippen LogP) is 3.83. The molecule has 0 aliphatic carbocycles. The molecule has 0 saturated carbocycles. The summed E-state index contributed by atoms with van der Waals surface area (Å²) in [4.78, 5) is 4.04. The Hall–Kier alpha value is -2.45. The minimum absolute atomic E-state index is 0.624. The molecular weight excluding hydrogens is 246 g/mol. The molecule has 0 radical (unpaired) electrons. The SMILES string of the molecule is OC(c1ccccc1)c1ccccc1-c1ccncc1. The smallest absolute Gasteiger partial charge is 0.105 e. The molecule has 98 valence electrons. The van der Waals surface area contributed by atoms with Crippen molar-refractivity contribution in [3.05, 3.63) is 90.3 Å². The monoisotopic (exact) mass is 261 g/mol. The third-order valence-corrected chi connectivity index (χ3v) is 3.36. The summed E-state index contributed by atoms with van der Waals surface area (Å²) in [6.45, 7) is 0. The Bertz CT molecular complexity index is 680. The molecule has 3 rings (SSSR count). The first-order valence-corrected chi connectivity index (χ1v) is 6.58. The van der Waals surface area contributed by atoms with Crippen molar-refractivity contribution in [3.8, 4) is 11.1 Å². The van der Waals surface area contributed by atoms with Gasteiger partial charge >= 0.3 is 0 Å². The average molecular weight is 261 g/mol. The second-order valence-corrected chi connectivity index (χ2v) is 4.64. The average Bonchev–Trinajstić information content (AvgIpc) is 2.56. The van der Waals surface area contributed by atoms with Gasteiger partial charge in [-0.2, -0.15) is 0 Å². The number of hydrogen-bond acceptors (Lipinski definition) is 2. The topological polar surface area (TPSA) is 33.1 Å². The highest BCUT2D eigenvalue weighted by Gasteiger charge is 2.14. The zero-order valence-electron chi connectivity index (χ0n) is 11.0. The number of aliphatic hydroxyl groups is 1. The van der Waals surface area contributed by atoms with Gasteiger partial charge in [-0.25, -0.2) is 0 Å². The molecule has 20 heavy (non-hydrogen) atoms. The molecule has 0 aliphatic heterocycles. The van der Waals surface area contributed by atoms with Gasteiger partial charge in [-0.3, -0.25) is 4.98 Å². The van der Waals surface area contributed by atoms with Crippen LogP contribution in [-0.2, 0) is 0 Å². The molecule has 2 aromatic carbocycles. The summed E-state index contributed by atoms with van der Waals surface area (Å²) in [5.41, 5.74) is 3.90. The summed E-state index contributed by atoms with van der Waals surface area (Å²) in [5.74, 6) is 0. The van der Waals surface area contributed by atoms with Crippen molar-refractivity contribution in [2.24, 2.45) is 0 Å². The molecule has 0 amide bonds. The fourth-order valence-corrected chi connectivity index (χ4v) is 2.34. The Balaban J connectivity index is 2.07. The summed E-state index contributed by atoms with van der Waals surface area (Å²) < 4.78 is 0. The molecule has 0 fully saturated rings. The van der Waals surface area contributed by atoms with Crippen molar-refractivity contribution in [1.82, 2.24) is 4.98 Å². The van der Waals surface area contributed by atoms with Gasteiger partial charge in [0.05, 0.1) is 0 Å². The van der Waals surface area contributed by atoms with Gasteiger partial charge in [0.2, 0.25) is 0 Å². The van der Waals surface area contributed by atoms with Crippen LogP contribution in [0.4, 0.5) is 0 Å². The molecule has 0 saturated heterocycles. The first-order chi connectivity index (χ1) is 9.86. The maximum atomic E-state index is 10.6. The van der Waals surface area contributed by atoms with Crippen LogP contribution in [0, 0.1) is 0 Å². The van der Waals surface area contributed by atoms with Crippen LogP contribution in [0.1, 0.15) is 17.2 Å². The van der Waals surface area contributed by atoms with Crippen LogP contribution < -0.4 is 0 Å². The van der Waals surface area contributed by atoms with E-state index in [4.69, 9.17) is 0 Å². The van der Waals surface area contributed by atoms with Gasteiger partial charge in [0.1, 0.15) is 6.10 Å². The third kappa shape index (κ3) is 2.46. The zero-order chi connectivity index (χ0) is 13.8. The van der Waals surface area contributed by atoms with Crippen LogP contribution in [0.25, 0.3) is 11.1 Å². The van der Waals surface area contributed by atoms with E-state index in [0.29, 0.717) is 0 Å². The highest BCUT2D eigenvalue weighted by molar-refractivity contribution is 5.68. The number of benzene rings is 2. The molecule has 3 aromatic rings. The number of hydrogen-bond donors (Lipinski definition) is 1. The molecule has 2 nitrogen and oxygen atoms in total. The van der Waals surface area contributed by atoms with Gasteiger partial charge in [-0.05, 0) is 34.4 Å². The second-order valence-electron chi connectivity index (χ2n) is 4.64. The third-order valence-electron chi connectivity index (χ3n) is 3.36. The molecule has 2 heteroatoms. The molecule has 1 aromatic heterocycles. The van der Waals surface area contributed by atoms with Crippen LogP contribution in [0.3, 0.4) is 0 Å². The quantitative estimate of drug-likeness (QED) is 0.777. The van der Waals surface area contributed by atoms with Crippen molar-refractivity contribution in [2.75, 3.05) is 0 Å². The van der Waals surface area contributed by atoms with Crippen molar-refractivity contribution < 1.29 is 5.11 Å². The van der Waals surface area contributed by atoms with E-state index in [2.05, 4.69) is 4.98 Å². The van der Waals surface area contributed by atoms with Crippen molar-refractivity contribution in [3.63, 3.8) is 0 Å². The Morgan fingerprint density at radius 3 is 2.15 bits per heavy atom. The highest BCUT2D eigenvalue weighted by Crippen LogP contribution is 2.31. The van der Waals surface area contributed by atoms with E-state index in [1.165, 1.54) is 0 Å². The predicted molar refractivity (Wildman–Crippen MR) is 80.2 cm³/mol. The lowest BCUT2D eigenvalue weighted by Gasteiger charge is -2.16. The fourth-order valence-electron chi connectivity index (χ4n) is 2.34. The van der Waals surface area contributed by atoms with Gasteiger partial charge in [-0.1, -0.05) is 54.6 Å². The molecule has 1 atom stereocenters. The largest absolute Gasteiger partial charge is 0.384 e. The number of pyridine rings is 1. The molecule has 1 heterocycles. The first kappa shape index (κ1) is 12.6. The van der Waals surface area contributed by atoms with E-state index in [0.717, 1.165) is 22.3 Å². The van der Waals surface area contributed by atoms with E-state index in [-0.39, 0.29) is 0 Å². The lowest BCUT2D eigenvalue weighted by Crippen LogP contribution is -2.01. The minimum Gasteiger partial charge on any atom is -0.384 e. The van der Waals surface area contributed by atoms with Crippen molar-refractivity contribution in [1.29, 1.82) is 0 Å². The van der Waals surface area contributed by atoms with Gasteiger partial charge in [0.25, 0.3) is 0 Å². The zero-order valence-corrected chi connectivity index (χ0v) is 11.0. The summed E-state index contributed by atoms with van der Waals surface area (Å²) in [6.07, 6.45) is 2.91. The molecular formula is C18H15NO. The van der Waals surface area contributed by atoms with E-state index in [1.54, 1.807) is 12.4 Å². The first-order valence-electron chi connectivity index (χ1n) is 6.58. The minimum atomic E-state index is -0.624. The van der Waals surface area contributed by atoms with E-state index in [1.807, 2.05) is 66.7 Å². The normalized spacial score (nSPS) is 12.1. The van der Waals surface area contributed by atoms with E-state index < -0.39 is 6.10 Å². The number of rotatable bonds is 3. The maximum Gasteiger partial charge on any atom is 0.105 e. The molecule has 0 aliphatic rings. The lowest BCUT2D eigenvalue weighted by atomic mass is 9.93. The Morgan fingerprint density at radius 1 is 0.750 bits per heavy atom. The summed E-state index contributed by atoms with van der Waals surface area (Å²) in [5, 5.41) is 10.6. The van der Waals surface area contributed by atoms with Crippen LogP contribution in [-0.4, -0.2) is 10.1 Å². The Labute approximate surface area is 118 Å². The standard InChI is InChI=1S/C18H15NO/c20-18(15-6-2-1-3-7-15)17-9-5-4-8-16(17)14-10-12-19-13-11-14/h1-13,18,20H. The van der Waals surface area contributed by atoms with Crippen LogP contribution >= 0.6 is 0 Å². The fraction of sp³-hybridized carbons (Fsp3) is 0.0556. The second kappa shape index (κ2) is 5.68. The Kier molecular flexibility index (Phi) is 3.57. The molecule has 0 spiro atoms. The van der Waals surface area contributed by atoms with Gasteiger partial charge < -0.3 is 5.11 Å². The van der Waals surface area contributed by atoms with Gasteiger partial charge in [-0.15, -0.1) is 0 Å². The van der Waals surface area contributed by atoms with Crippen LogP contribution in [0.15, 0.2) is 79.1 Å².